The lowest BCUT2D eigenvalue weighted by atomic mass is 10.0. The summed E-state index contributed by atoms with van der Waals surface area (Å²) in [7, 11) is -3.55. The molecule has 0 spiro atoms. The zero-order valence-electron chi connectivity index (χ0n) is 24.1. The van der Waals surface area contributed by atoms with Crippen LogP contribution in [0.4, 0.5) is 25.3 Å². The van der Waals surface area contributed by atoms with Crippen LogP contribution in [-0.4, -0.2) is 72.9 Å². The molecule has 1 aliphatic heterocycles. The van der Waals surface area contributed by atoms with Gasteiger partial charge in [-0.15, -0.1) is 0 Å². The summed E-state index contributed by atoms with van der Waals surface area (Å²) in [6.07, 6.45) is 0. The van der Waals surface area contributed by atoms with Crippen molar-refractivity contribution in [3.05, 3.63) is 64.7 Å². The number of aliphatic hydroxyl groups excluding tert-OH is 1. The van der Waals surface area contributed by atoms with Gasteiger partial charge in [0.1, 0.15) is 28.0 Å². The van der Waals surface area contributed by atoms with Gasteiger partial charge in [0.05, 0.1) is 18.0 Å². The van der Waals surface area contributed by atoms with Crippen molar-refractivity contribution in [3.8, 4) is 17.3 Å². The standard InChI is InChI=1S/C30H32F2N6O3S2/c1-4-38(30-35-28(27(18-33)42-30)20-5-7-21(31)8-6-20)26-17-25(19(2)3)34-29-23(26)15-22(16-24(29)32)36-9-11-37(12-10-36)43(40,41)14-13-39/h5-8,15-17,19,39H,4,9-14H2,1-3H3. The molecule has 1 saturated heterocycles. The summed E-state index contributed by atoms with van der Waals surface area (Å²) in [5.41, 5.74) is 3.26. The molecule has 226 valence electrons. The molecule has 0 amide bonds. The lowest BCUT2D eigenvalue weighted by Gasteiger charge is -2.35. The van der Waals surface area contributed by atoms with Gasteiger partial charge in [0.25, 0.3) is 0 Å². The third-order valence-electron chi connectivity index (χ3n) is 7.46. The monoisotopic (exact) mass is 626 g/mol. The zero-order chi connectivity index (χ0) is 30.9. The van der Waals surface area contributed by atoms with Gasteiger partial charge in [0, 0.05) is 55.1 Å². The van der Waals surface area contributed by atoms with Gasteiger partial charge >= 0.3 is 0 Å². The molecule has 0 atom stereocenters. The molecule has 13 heteroatoms. The first kappa shape index (κ1) is 30.7. The van der Waals surface area contributed by atoms with Gasteiger partial charge in [0.2, 0.25) is 10.0 Å². The number of nitriles is 1. The van der Waals surface area contributed by atoms with Gasteiger partial charge in [-0.1, -0.05) is 25.2 Å². The smallest absolute Gasteiger partial charge is 0.216 e. The fraction of sp³-hybridized carbons (Fsp3) is 0.367. The molecule has 1 aliphatic rings. The number of pyridine rings is 1. The molecule has 2 aromatic carbocycles. The lowest BCUT2D eigenvalue weighted by Crippen LogP contribution is -2.49. The number of rotatable bonds is 9. The maximum atomic E-state index is 15.8. The second-order valence-electron chi connectivity index (χ2n) is 10.5. The van der Waals surface area contributed by atoms with E-state index in [-0.39, 0.29) is 36.1 Å². The summed E-state index contributed by atoms with van der Waals surface area (Å²) in [4.78, 5) is 13.7. The SMILES string of the molecule is CCN(c1nc(-c2ccc(F)cc2)c(C#N)s1)c1cc(C(C)C)nc2c(F)cc(N3CCN(S(=O)(=O)CCO)CC3)cc12. The summed E-state index contributed by atoms with van der Waals surface area (Å²) >= 11 is 1.21. The van der Waals surface area contributed by atoms with E-state index in [2.05, 4.69) is 11.1 Å². The van der Waals surface area contributed by atoms with E-state index in [1.165, 1.54) is 33.8 Å². The highest BCUT2D eigenvalue weighted by Crippen LogP contribution is 2.41. The lowest BCUT2D eigenvalue weighted by molar-refractivity contribution is 0.312. The van der Waals surface area contributed by atoms with Crippen molar-refractivity contribution in [2.24, 2.45) is 0 Å². The summed E-state index contributed by atoms with van der Waals surface area (Å²) < 4.78 is 55.6. The van der Waals surface area contributed by atoms with E-state index in [1.54, 1.807) is 12.1 Å². The maximum Gasteiger partial charge on any atom is 0.216 e. The van der Waals surface area contributed by atoms with Gasteiger partial charge in [-0.3, -0.25) is 0 Å². The quantitative estimate of drug-likeness (QED) is 0.269. The molecular weight excluding hydrogens is 594 g/mol. The average Bonchev–Trinajstić information content (AvgIpc) is 3.42. The van der Waals surface area contributed by atoms with Crippen LogP contribution in [0.1, 0.15) is 37.3 Å². The number of anilines is 3. The van der Waals surface area contributed by atoms with Crippen LogP contribution in [0.3, 0.4) is 0 Å². The Labute approximate surface area is 253 Å². The van der Waals surface area contributed by atoms with Crippen LogP contribution in [0.15, 0.2) is 42.5 Å². The van der Waals surface area contributed by atoms with Crippen LogP contribution < -0.4 is 9.80 Å². The Hall–Kier alpha value is -3.70. The Balaban J connectivity index is 1.58. The van der Waals surface area contributed by atoms with E-state index in [4.69, 9.17) is 10.1 Å². The minimum absolute atomic E-state index is 0.00983. The van der Waals surface area contributed by atoms with Crippen LogP contribution >= 0.6 is 11.3 Å². The van der Waals surface area contributed by atoms with Gasteiger partial charge < -0.3 is 14.9 Å². The van der Waals surface area contributed by atoms with Crippen molar-refractivity contribution in [2.75, 3.05) is 54.9 Å². The van der Waals surface area contributed by atoms with Crippen molar-refractivity contribution in [1.29, 1.82) is 5.26 Å². The summed E-state index contributed by atoms with van der Waals surface area (Å²) in [6.45, 7) is 7.09. The number of halogens is 2. The van der Waals surface area contributed by atoms with Gasteiger partial charge in [-0.25, -0.2) is 27.2 Å². The molecule has 4 aromatic rings. The number of hydrogen-bond acceptors (Lipinski definition) is 9. The number of nitrogens with zero attached hydrogens (tertiary/aromatic N) is 6. The van der Waals surface area contributed by atoms with Crippen molar-refractivity contribution in [3.63, 3.8) is 0 Å². The van der Waals surface area contributed by atoms with E-state index < -0.39 is 22.4 Å². The number of hydrogen-bond donors (Lipinski definition) is 1. The van der Waals surface area contributed by atoms with E-state index in [1.807, 2.05) is 42.7 Å². The molecule has 0 bridgehead atoms. The van der Waals surface area contributed by atoms with Crippen LogP contribution in [0, 0.1) is 23.0 Å². The van der Waals surface area contributed by atoms with E-state index in [0.717, 1.165) is 0 Å². The predicted molar refractivity (Wildman–Crippen MR) is 165 cm³/mol. The van der Waals surface area contributed by atoms with E-state index >= 15 is 4.39 Å². The molecule has 2 aromatic heterocycles. The van der Waals surface area contributed by atoms with Crippen molar-refractivity contribution in [1.82, 2.24) is 14.3 Å². The Morgan fingerprint density at radius 3 is 2.40 bits per heavy atom. The number of benzene rings is 2. The number of fused-ring (bicyclic) bond motifs is 1. The molecule has 0 unspecified atom stereocenters. The molecule has 9 nitrogen and oxygen atoms in total. The summed E-state index contributed by atoms with van der Waals surface area (Å²) in [5, 5.41) is 20.1. The van der Waals surface area contributed by atoms with E-state index in [0.29, 0.717) is 63.4 Å². The molecule has 0 radical (unpaired) electrons. The fourth-order valence-corrected chi connectivity index (χ4v) is 7.33. The number of aliphatic hydroxyl groups is 1. The van der Waals surface area contributed by atoms with Crippen molar-refractivity contribution >= 4 is 48.8 Å². The molecule has 43 heavy (non-hydrogen) atoms. The first-order valence-corrected chi connectivity index (χ1v) is 16.4. The number of piperazine rings is 1. The van der Waals surface area contributed by atoms with Crippen molar-refractivity contribution in [2.45, 2.75) is 26.7 Å². The zero-order valence-corrected chi connectivity index (χ0v) is 25.7. The number of aromatic nitrogens is 2. The van der Waals surface area contributed by atoms with Crippen molar-refractivity contribution < 1.29 is 22.3 Å². The topological polar surface area (TPSA) is 114 Å². The largest absolute Gasteiger partial charge is 0.395 e. The van der Waals surface area contributed by atoms with Gasteiger partial charge in [-0.05, 0) is 55.3 Å². The van der Waals surface area contributed by atoms with Gasteiger partial charge in [-0.2, -0.15) is 9.57 Å². The minimum atomic E-state index is -3.55. The summed E-state index contributed by atoms with van der Waals surface area (Å²) in [6, 6.07) is 13.2. The number of sulfonamides is 1. The Bertz CT molecular complexity index is 1780. The highest BCUT2D eigenvalue weighted by Gasteiger charge is 2.28. The Kier molecular flexibility index (Phi) is 8.94. The third-order valence-corrected chi connectivity index (χ3v) is 10.3. The highest BCUT2D eigenvalue weighted by molar-refractivity contribution is 7.89. The van der Waals surface area contributed by atoms with Crippen LogP contribution in [0.2, 0.25) is 0 Å². The summed E-state index contributed by atoms with van der Waals surface area (Å²) in [5.74, 6) is -1.20. The predicted octanol–water partition coefficient (Wildman–Crippen LogP) is 5.23. The van der Waals surface area contributed by atoms with Crippen LogP contribution in [0.25, 0.3) is 22.2 Å². The molecular formula is C30H32F2N6O3S2. The average molecular weight is 627 g/mol. The molecule has 5 rings (SSSR count). The Morgan fingerprint density at radius 2 is 1.79 bits per heavy atom. The number of thiazole rings is 1. The highest BCUT2D eigenvalue weighted by atomic mass is 32.2. The first-order valence-electron chi connectivity index (χ1n) is 14.0. The third kappa shape index (κ3) is 6.19. The fourth-order valence-electron chi connectivity index (χ4n) is 5.16. The minimum Gasteiger partial charge on any atom is -0.395 e. The van der Waals surface area contributed by atoms with Crippen LogP contribution in [0.5, 0.6) is 0 Å². The molecule has 3 heterocycles. The molecule has 0 saturated carbocycles. The van der Waals surface area contributed by atoms with Gasteiger partial charge in [0.15, 0.2) is 10.9 Å². The Morgan fingerprint density at radius 1 is 1.09 bits per heavy atom. The van der Waals surface area contributed by atoms with E-state index in [9.17, 15) is 18.1 Å². The second-order valence-corrected chi connectivity index (χ2v) is 13.6. The second kappa shape index (κ2) is 12.5. The normalized spacial score (nSPS) is 14.4. The maximum absolute atomic E-state index is 15.8. The molecule has 1 fully saturated rings. The van der Waals surface area contributed by atoms with Crippen LogP contribution in [-0.2, 0) is 10.0 Å². The molecule has 1 N–H and O–H groups in total. The first-order chi connectivity index (χ1) is 20.6. The molecule has 0 aliphatic carbocycles.